The van der Waals surface area contributed by atoms with E-state index in [1.165, 1.54) is 5.56 Å². The van der Waals surface area contributed by atoms with Crippen molar-refractivity contribution < 1.29 is 4.74 Å². The van der Waals surface area contributed by atoms with E-state index in [1.807, 2.05) is 42.5 Å². The lowest BCUT2D eigenvalue weighted by atomic mass is 10.2. The Hall–Kier alpha value is -2.07. The van der Waals surface area contributed by atoms with Gasteiger partial charge in [-0.05, 0) is 35.5 Å². The number of methoxy groups -OCH3 is 1. The first kappa shape index (κ1) is 14.3. The molecule has 0 aliphatic carbocycles. The fraction of sp³-hybridized carbons (Fsp3) is 0.188. The van der Waals surface area contributed by atoms with Crippen molar-refractivity contribution in [2.45, 2.75) is 13.1 Å². The van der Waals surface area contributed by atoms with Crippen LogP contribution in [0.15, 0.2) is 54.6 Å². The van der Waals surface area contributed by atoms with Gasteiger partial charge in [0.2, 0.25) is 0 Å². The van der Waals surface area contributed by atoms with E-state index in [1.54, 1.807) is 7.11 Å². The Bertz CT molecular complexity index is 557. The Morgan fingerprint density at radius 2 is 1.60 bits per heavy atom. The minimum atomic E-state index is 0.650. The highest BCUT2D eigenvalue weighted by atomic mass is 32.1. The summed E-state index contributed by atoms with van der Waals surface area (Å²) in [5.74, 6) is 0.854. The van der Waals surface area contributed by atoms with Crippen molar-refractivity contribution in [2.75, 3.05) is 7.11 Å². The lowest BCUT2D eigenvalue weighted by molar-refractivity contribution is 0.414. The molecule has 20 heavy (non-hydrogen) atoms. The fourth-order valence-corrected chi connectivity index (χ4v) is 1.95. The largest absolute Gasteiger partial charge is 0.497 e. The molecule has 0 atom stereocenters. The zero-order valence-electron chi connectivity index (χ0n) is 11.4. The number of thiocarbonyl (C=S) groups is 1. The second kappa shape index (κ2) is 7.50. The predicted octanol–water partition coefficient (Wildman–Crippen LogP) is 2.86. The summed E-state index contributed by atoms with van der Waals surface area (Å²) < 4.78 is 5.19. The van der Waals surface area contributed by atoms with Crippen molar-refractivity contribution in [2.24, 2.45) is 0 Å². The van der Waals surface area contributed by atoms with Crippen molar-refractivity contribution in [1.82, 2.24) is 10.6 Å². The maximum Gasteiger partial charge on any atom is 0.166 e. The molecule has 0 aliphatic rings. The van der Waals surface area contributed by atoms with Crippen LogP contribution in [0.4, 0.5) is 0 Å². The second-order valence-corrected chi connectivity index (χ2v) is 4.78. The van der Waals surface area contributed by atoms with Crippen LogP contribution in [0.25, 0.3) is 0 Å². The van der Waals surface area contributed by atoms with Crippen molar-refractivity contribution in [3.05, 3.63) is 65.7 Å². The quantitative estimate of drug-likeness (QED) is 0.828. The smallest absolute Gasteiger partial charge is 0.166 e. The first-order valence-electron chi connectivity index (χ1n) is 6.46. The maximum absolute atomic E-state index is 5.26. The monoisotopic (exact) mass is 286 g/mol. The van der Waals surface area contributed by atoms with Gasteiger partial charge in [0.15, 0.2) is 5.11 Å². The number of ether oxygens (including phenoxy) is 1. The summed E-state index contributed by atoms with van der Waals surface area (Å²) in [5, 5.41) is 7.02. The van der Waals surface area contributed by atoms with E-state index in [0.717, 1.165) is 17.9 Å². The average molecular weight is 286 g/mol. The Morgan fingerprint density at radius 3 is 2.30 bits per heavy atom. The van der Waals surface area contributed by atoms with E-state index in [2.05, 4.69) is 22.8 Å². The first-order chi connectivity index (χ1) is 9.78. The Morgan fingerprint density at radius 1 is 0.950 bits per heavy atom. The highest BCUT2D eigenvalue weighted by Crippen LogP contribution is 2.12. The van der Waals surface area contributed by atoms with Gasteiger partial charge < -0.3 is 15.4 Å². The number of benzene rings is 2. The third-order valence-electron chi connectivity index (χ3n) is 2.88. The van der Waals surface area contributed by atoms with Gasteiger partial charge in [0.25, 0.3) is 0 Å². The molecule has 0 saturated heterocycles. The standard InChI is InChI=1S/C16H18N2OS/c1-19-15-9-5-8-14(10-15)12-18-16(20)17-11-13-6-3-2-4-7-13/h2-10H,11-12H2,1H3,(H2,17,18,20). The molecule has 0 aromatic heterocycles. The van der Waals surface area contributed by atoms with Gasteiger partial charge in [0, 0.05) is 13.1 Å². The van der Waals surface area contributed by atoms with E-state index in [0.29, 0.717) is 11.7 Å². The summed E-state index contributed by atoms with van der Waals surface area (Å²) in [6.45, 7) is 1.41. The minimum absolute atomic E-state index is 0.650. The molecule has 0 amide bonds. The third-order valence-corrected chi connectivity index (χ3v) is 3.17. The molecule has 0 radical (unpaired) electrons. The summed E-state index contributed by atoms with van der Waals surface area (Å²) in [6.07, 6.45) is 0. The number of nitrogens with one attached hydrogen (secondary N) is 2. The molecule has 3 nitrogen and oxygen atoms in total. The van der Waals surface area contributed by atoms with E-state index in [-0.39, 0.29) is 0 Å². The van der Waals surface area contributed by atoms with E-state index in [4.69, 9.17) is 17.0 Å². The van der Waals surface area contributed by atoms with E-state index >= 15 is 0 Å². The second-order valence-electron chi connectivity index (χ2n) is 4.37. The lowest BCUT2D eigenvalue weighted by Crippen LogP contribution is -2.34. The third kappa shape index (κ3) is 4.55. The molecule has 0 fully saturated rings. The summed E-state index contributed by atoms with van der Waals surface area (Å²) >= 11 is 5.26. The molecule has 2 N–H and O–H groups in total. The zero-order chi connectivity index (χ0) is 14.2. The molecule has 0 spiro atoms. The molecule has 0 heterocycles. The number of hydrogen-bond donors (Lipinski definition) is 2. The zero-order valence-corrected chi connectivity index (χ0v) is 12.2. The molecule has 0 saturated carbocycles. The van der Waals surface area contributed by atoms with Crippen LogP contribution in [0.3, 0.4) is 0 Å². The van der Waals surface area contributed by atoms with Crippen LogP contribution in [0, 0.1) is 0 Å². The summed E-state index contributed by atoms with van der Waals surface area (Å²) in [7, 11) is 1.67. The van der Waals surface area contributed by atoms with Crippen molar-refractivity contribution in [1.29, 1.82) is 0 Å². The Labute approximate surface area is 125 Å². The molecule has 104 valence electrons. The van der Waals surface area contributed by atoms with Gasteiger partial charge in [0.05, 0.1) is 7.11 Å². The van der Waals surface area contributed by atoms with Crippen LogP contribution in [0.5, 0.6) is 5.75 Å². The number of rotatable bonds is 5. The highest BCUT2D eigenvalue weighted by molar-refractivity contribution is 7.80. The van der Waals surface area contributed by atoms with Crippen LogP contribution in [-0.2, 0) is 13.1 Å². The van der Waals surface area contributed by atoms with Gasteiger partial charge in [-0.2, -0.15) is 0 Å². The first-order valence-corrected chi connectivity index (χ1v) is 6.87. The Balaban J connectivity index is 1.77. The van der Waals surface area contributed by atoms with Crippen LogP contribution in [0.1, 0.15) is 11.1 Å². The summed E-state index contributed by atoms with van der Waals surface area (Å²) in [5.41, 5.74) is 2.34. The molecule has 4 heteroatoms. The molecular formula is C16H18N2OS. The van der Waals surface area contributed by atoms with Crippen LogP contribution < -0.4 is 15.4 Å². The topological polar surface area (TPSA) is 33.3 Å². The fourth-order valence-electron chi connectivity index (χ4n) is 1.81. The summed E-state index contributed by atoms with van der Waals surface area (Å²) in [4.78, 5) is 0. The van der Waals surface area contributed by atoms with Gasteiger partial charge in [-0.1, -0.05) is 42.5 Å². The van der Waals surface area contributed by atoms with Gasteiger partial charge in [-0.3, -0.25) is 0 Å². The normalized spacial score (nSPS) is 9.85. The van der Waals surface area contributed by atoms with Crippen molar-refractivity contribution >= 4 is 17.3 Å². The van der Waals surface area contributed by atoms with Gasteiger partial charge >= 0.3 is 0 Å². The maximum atomic E-state index is 5.26. The molecule has 2 aromatic carbocycles. The Kier molecular flexibility index (Phi) is 5.38. The average Bonchev–Trinajstić information content (AvgIpc) is 2.52. The molecule has 2 rings (SSSR count). The highest BCUT2D eigenvalue weighted by Gasteiger charge is 1.98. The van der Waals surface area contributed by atoms with Crippen LogP contribution >= 0.6 is 12.2 Å². The molecule has 0 aliphatic heterocycles. The van der Waals surface area contributed by atoms with Crippen molar-refractivity contribution in [3.63, 3.8) is 0 Å². The van der Waals surface area contributed by atoms with Gasteiger partial charge in [-0.25, -0.2) is 0 Å². The number of hydrogen-bond acceptors (Lipinski definition) is 2. The summed E-state index contributed by atoms with van der Waals surface area (Å²) in [6, 6.07) is 18.1. The molecule has 0 unspecified atom stereocenters. The van der Waals surface area contributed by atoms with Gasteiger partial charge in [-0.15, -0.1) is 0 Å². The molecule has 2 aromatic rings. The van der Waals surface area contributed by atoms with Crippen LogP contribution in [0.2, 0.25) is 0 Å². The van der Waals surface area contributed by atoms with E-state index in [9.17, 15) is 0 Å². The SMILES string of the molecule is COc1cccc(CNC(=S)NCc2ccccc2)c1. The minimum Gasteiger partial charge on any atom is -0.497 e. The predicted molar refractivity (Wildman–Crippen MR) is 85.7 cm³/mol. The van der Waals surface area contributed by atoms with Gasteiger partial charge in [0.1, 0.15) is 5.75 Å². The van der Waals surface area contributed by atoms with E-state index < -0.39 is 0 Å². The van der Waals surface area contributed by atoms with Crippen molar-refractivity contribution in [3.8, 4) is 5.75 Å². The lowest BCUT2D eigenvalue weighted by Gasteiger charge is -2.11. The molecule has 0 bridgehead atoms. The molecular weight excluding hydrogens is 268 g/mol. The van der Waals surface area contributed by atoms with Crippen LogP contribution in [-0.4, -0.2) is 12.2 Å².